The van der Waals surface area contributed by atoms with Gasteiger partial charge in [0.2, 0.25) is 5.95 Å². The highest BCUT2D eigenvalue weighted by molar-refractivity contribution is 5.74. The molecule has 1 fully saturated rings. The number of nitrogens with one attached hydrogen (secondary N) is 2. The Bertz CT molecular complexity index is 1110. The number of aryl methyl sites for hydroxylation is 1. The van der Waals surface area contributed by atoms with Crippen LogP contribution in [0.1, 0.15) is 32.1 Å². The molecule has 30 heavy (non-hydrogen) atoms. The Hall–Kier alpha value is -3.07. The molecule has 0 radical (unpaired) electrons. The van der Waals surface area contributed by atoms with E-state index in [0.29, 0.717) is 17.3 Å². The smallest absolute Gasteiger partial charge is 0.329 e. The number of anilines is 1. The number of nitrogens with zero attached hydrogens (tertiary/aromatic N) is 3. The number of aliphatic hydroxyl groups is 1. The number of para-hydroxylation sites is 1. The molecule has 1 saturated carbocycles. The van der Waals surface area contributed by atoms with Crippen molar-refractivity contribution in [1.82, 2.24) is 19.1 Å². The number of hydrogen-bond acceptors (Lipinski definition) is 6. The van der Waals surface area contributed by atoms with Crippen LogP contribution >= 0.6 is 0 Å². The minimum absolute atomic E-state index is 0.0657. The van der Waals surface area contributed by atoms with Gasteiger partial charge in [0, 0.05) is 13.1 Å². The molecule has 1 atom stereocenters. The van der Waals surface area contributed by atoms with Gasteiger partial charge in [-0.1, -0.05) is 37.5 Å². The minimum atomic E-state index is -0.869. The summed E-state index contributed by atoms with van der Waals surface area (Å²) in [6.07, 6.45) is 4.69. The van der Waals surface area contributed by atoms with Gasteiger partial charge in [-0.15, -0.1) is 0 Å². The van der Waals surface area contributed by atoms with Crippen molar-refractivity contribution in [2.75, 3.05) is 11.9 Å². The summed E-state index contributed by atoms with van der Waals surface area (Å²) in [6, 6.07) is 9.49. The molecule has 0 aliphatic heterocycles. The molecular weight excluding hydrogens is 386 g/mol. The molecule has 160 valence electrons. The van der Waals surface area contributed by atoms with E-state index in [1.165, 1.54) is 11.0 Å². The number of ether oxygens (including phenoxy) is 1. The number of hydrogen-bond donors (Lipinski definition) is 3. The van der Waals surface area contributed by atoms with Crippen LogP contribution in [-0.2, 0) is 13.6 Å². The van der Waals surface area contributed by atoms with Crippen LogP contribution in [0.25, 0.3) is 11.2 Å². The maximum Gasteiger partial charge on any atom is 0.329 e. The quantitative estimate of drug-likeness (QED) is 0.542. The summed E-state index contributed by atoms with van der Waals surface area (Å²) in [6.45, 7) is 0.176. The summed E-state index contributed by atoms with van der Waals surface area (Å²) < 4.78 is 8.61. The number of aromatic amines is 1. The second-order valence-electron chi connectivity index (χ2n) is 7.79. The molecule has 0 bridgehead atoms. The second kappa shape index (κ2) is 8.74. The fraction of sp³-hybridized carbons (Fsp3) is 0.476. The Kier molecular flexibility index (Phi) is 5.89. The Balaban J connectivity index is 1.63. The van der Waals surface area contributed by atoms with Crippen molar-refractivity contribution >= 4 is 17.1 Å². The third-order valence-corrected chi connectivity index (χ3v) is 5.52. The average Bonchev–Trinajstić information content (AvgIpc) is 3.10. The highest BCUT2D eigenvalue weighted by Crippen LogP contribution is 2.23. The summed E-state index contributed by atoms with van der Waals surface area (Å²) in [7, 11) is 1.57. The largest absolute Gasteiger partial charge is 0.491 e. The van der Waals surface area contributed by atoms with E-state index in [0.717, 1.165) is 25.7 Å². The molecule has 3 aromatic rings. The van der Waals surface area contributed by atoms with Crippen LogP contribution in [0.3, 0.4) is 0 Å². The van der Waals surface area contributed by atoms with Crippen LogP contribution in [0, 0.1) is 0 Å². The number of imidazole rings is 1. The third-order valence-electron chi connectivity index (χ3n) is 5.52. The van der Waals surface area contributed by atoms with Gasteiger partial charge in [0.25, 0.3) is 5.56 Å². The van der Waals surface area contributed by atoms with Gasteiger partial charge in [-0.3, -0.25) is 14.3 Å². The van der Waals surface area contributed by atoms with Crippen molar-refractivity contribution in [2.24, 2.45) is 7.05 Å². The number of aliphatic hydroxyl groups excluding tert-OH is 1. The molecule has 0 saturated heterocycles. The van der Waals surface area contributed by atoms with E-state index in [-0.39, 0.29) is 24.7 Å². The normalized spacial score (nSPS) is 15.9. The van der Waals surface area contributed by atoms with Crippen LogP contribution in [0.2, 0.25) is 0 Å². The topological polar surface area (TPSA) is 114 Å². The second-order valence-corrected chi connectivity index (χ2v) is 7.79. The highest BCUT2D eigenvalue weighted by atomic mass is 16.5. The van der Waals surface area contributed by atoms with E-state index in [2.05, 4.69) is 15.3 Å². The zero-order chi connectivity index (χ0) is 21.1. The summed E-state index contributed by atoms with van der Waals surface area (Å²) in [5, 5.41) is 14.0. The first-order chi connectivity index (χ1) is 14.5. The van der Waals surface area contributed by atoms with Gasteiger partial charge in [-0.05, 0) is 25.0 Å². The van der Waals surface area contributed by atoms with Gasteiger partial charge >= 0.3 is 5.69 Å². The van der Waals surface area contributed by atoms with Crippen molar-refractivity contribution in [2.45, 2.75) is 50.8 Å². The summed E-state index contributed by atoms with van der Waals surface area (Å²) in [5.41, 5.74) is -0.491. The molecule has 1 aromatic carbocycles. The van der Waals surface area contributed by atoms with Gasteiger partial charge in [-0.2, -0.15) is 4.98 Å². The number of aromatic nitrogens is 4. The fourth-order valence-corrected chi connectivity index (χ4v) is 3.92. The average molecular weight is 413 g/mol. The lowest BCUT2D eigenvalue weighted by molar-refractivity contribution is 0.0938. The van der Waals surface area contributed by atoms with Crippen LogP contribution in [0.5, 0.6) is 5.75 Å². The SMILES string of the molecule is Cn1c(=O)[nH]c(=O)c2c1nc(NC1CCCCC1)n2CC(O)COc1ccccc1. The predicted molar refractivity (Wildman–Crippen MR) is 114 cm³/mol. The zero-order valence-electron chi connectivity index (χ0n) is 17.0. The fourth-order valence-electron chi connectivity index (χ4n) is 3.92. The Morgan fingerprint density at radius 1 is 1.23 bits per heavy atom. The van der Waals surface area contributed by atoms with E-state index < -0.39 is 17.4 Å². The molecule has 2 aromatic heterocycles. The molecule has 9 heteroatoms. The third kappa shape index (κ3) is 4.25. The van der Waals surface area contributed by atoms with E-state index in [4.69, 9.17) is 4.74 Å². The zero-order valence-corrected chi connectivity index (χ0v) is 17.0. The van der Waals surface area contributed by atoms with Gasteiger partial charge in [0.1, 0.15) is 18.5 Å². The van der Waals surface area contributed by atoms with Crippen molar-refractivity contribution < 1.29 is 9.84 Å². The summed E-state index contributed by atoms with van der Waals surface area (Å²) in [5.74, 6) is 1.15. The molecule has 0 spiro atoms. The minimum Gasteiger partial charge on any atom is -0.491 e. The van der Waals surface area contributed by atoms with E-state index in [1.807, 2.05) is 30.3 Å². The first kappa shape index (κ1) is 20.2. The van der Waals surface area contributed by atoms with E-state index in [9.17, 15) is 14.7 Å². The molecule has 1 aliphatic rings. The molecule has 9 nitrogen and oxygen atoms in total. The number of rotatable bonds is 7. The Labute approximate surface area is 173 Å². The van der Waals surface area contributed by atoms with Crippen molar-refractivity contribution in [3.63, 3.8) is 0 Å². The first-order valence-corrected chi connectivity index (χ1v) is 10.3. The highest BCUT2D eigenvalue weighted by Gasteiger charge is 2.22. The van der Waals surface area contributed by atoms with Crippen LogP contribution < -0.4 is 21.3 Å². The molecule has 2 heterocycles. The lowest BCUT2D eigenvalue weighted by atomic mass is 9.96. The Morgan fingerprint density at radius 2 is 1.97 bits per heavy atom. The first-order valence-electron chi connectivity index (χ1n) is 10.3. The molecule has 3 N–H and O–H groups in total. The Morgan fingerprint density at radius 3 is 2.70 bits per heavy atom. The van der Waals surface area contributed by atoms with Gasteiger partial charge < -0.3 is 19.7 Å². The van der Waals surface area contributed by atoms with Crippen LogP contribution in [0.4, 0.5) is 5.95 Å². The summed E-state index contributed by atoms with van der Waals surface area (Å²) >= 11 is 0. The molecule has 1 aliphatic carbocycles. The number of benzene rings is 1. The number of H-pyrrole nitrogens is 1. The van der Waals surface area contributed by atoms with Crippen LogP contribution in [0.15, 0.2) is 39.9 Å². The summed E-state index contributed by atoms with van der Waals surface area (Å²) in [4.78, 5) is 31.4. The molecule has 1 unspecified atom stereocenters. The van der Waals surface area contributed by atoms with Crippen molar-refractivity contribution in [1.29, 1.82) is 0 Å². The monoisotopic (exact) mass is 413 g/mol. The van der Waals surface area contributed by atoms with E-state index >= 15 is 0 Å². The van der Waals surface area contributed by atoms with Gasteiger partial charge in [0.05, 0.1) is 6.54 Å². The van der Waals surface area contributed by atoms with Gasteiger partial charge in [0.15, 0.2) is 11.2 Å². The standard InChI is InChI=1S/C21H27N5O4/c1-25-18-17(19(28)24-21(25)29)26(20(23-18)22-14-8-4-2-5-9-14)12-15(27)13-30-16-10-6-3-7-11-16/h3,6-7,10-11,14-15,27H,2,4-5,8-9,12-13H2,1H3,(H,22,23)(H,24,28,29). The predicted octanol–water partition coefficient (Wildman–Crippen LogP) is 1.61. The molecule has 4 rings (SSSR count). The van der Waals surface area contributed by atoms with Crippen LogP contribution in [-0.4, -0.2) is 43.0 Å². The van der Waals surface area contributed by atoms with Gasteiger partial charge in [-0.25, -0.2) is 4.79 Å². The molecule has 0 amide bonds. The molecular formula is C21H27N5O4. The van der Waals surface area contributed by atoms with Crippen molar-refractivity contribution in [3.05, 3.63) is 51.2 Å². The lowest BCUT2D eigenvalue weighted by Gasteiger charge is -2.24. The lowest BCUT2D eigenvalue weighted by Crippen LogP contribution is -2.31. The van der Waals surface area contributed by atoms with Crippen molar-refractivity contribution in [3.8, 4) is 5.75 Å². The maximum absolute atomic E-state index is 12.6. The van der Waals surface area contributed by atoms with E-state index in [1.54, 1.807) is 11.6 Å². The number of fused-ring (bicyclic) bond motifs is 1. The maximum atomic E-state index is 12.6.